The van der Waals surface area contributed by atoms with Gasteiger partial charge in [0.2, 0.25) is 0 Å². The van der Waals surface area contributed by atoms with E-state index in [1.807, 2.05) is 0 Å². The lowest BCUT2D eigenvalue weighted by atomic mass is 10.2. The van der Waals surface area contributed by atoms with Crippen LogP contribution in [0.1, 0.15) is 6.92 Å². The second-order valence-corrected chi connectivity index (χ2v) is 10.9. The molecule has 0 aromatic heterocycles. The molecule has 0 radical (unpaired) electrons. The van der Waals surface area contributed by atoms with E-state index in [2.05, 4.69) is 20.1 Å². The Morgan fingerprint density at radius 3 is 2.38 bits per heavy atom. The number of carbonyl (C=O) groups is 1. The fraction of sp³-hybridized carbons (Fsp3) is 0.130. The molecule has 3 aromatic carbocycles. The molecule has 1 aliphatic rings. The summed E-state index contributed by atoms with van der Waals surface area (Å²) in [6.45, 7) is 1.56. The summed E-state index contributed by atoms with van der Waals surface area (Å²) in [5.41, 5.74) is 0.794. The van der Waals surface area contributed by atoms with Crippen molar-refractivity contribution in [2.75, 3.05) is 16.8 Å². The smallest absolute Gasteiger partial charge is 0.294 e. The van der Waals surface area contributed by atoms with Crippen molar-refractivity contribution in [3.05, 3.63) is 72.8 Å². The Balaban J connectivity index is 1.57. The van der Waals surface area contributed by atoms with Crippen LogP contribution in [0.5, 0.6) is 5.75 Å². The molecule has 1 aliphatic heterocycles. The number of azo groups is 1. The average molecular weight is 544 g/mol. The first kappa shape index (κ1) is 25.9. The second-order valence-electron chi connectivity index (χ2n) is 7.79. The highest BCUT2D eigenvalue weighted by Crippen LogP contribution is 2.32. The Morgan fingerprint density at radius 1 is 0.973 bits per heavy atom. The minimum atomic E-state index is -4.49. The predicted octanol–water partition coefficient (Wildman–Crippen LogP) is 3.62. The Morgan fingerprint density at radius 2 is 1.70 bits per heavy atom. The van der Waals surface area contributed by atoms with Crippen molar-refractivity contribution >= 4 is 48.8 Å². The van der Waals surface area contributed by atoms with Crippen LogP contribution in [-0.2, 0) is 24.9 Å². The molecule has 2 N–H and O–H groups in total. The van der Waals surface area contributed by atoms with Crippen LogP contribution in [0.3, 0.4) is 0 Å². The third-order valence-electron chi connectivity index (χ3n) is 5.22. The fourth-order valence-electron chi connectivity index (χ4n) is 3.42. The van der Waals surface area contributed by atoms with Gasteiger partial charge >= 0.3 is 0 Å². The third-order valence-corrected chi connectivity index (χ3v) is 7.47. The van der Waals surface area contributed by atoms with E-state index in [9.17, 15) is 26.2 Å². The van der Waals surface area contributed by atoms with Gasteiger partial charge in [0.05, 0.1) is 34.0 Å². The molecule has 0 aliphatic carbocycles. The maximum absolute atomic E-state index is 13.1. The molecule has 0 bridgehead atoms. The molecule has 1 unspecified atom stereocenters. The average Bonchev–Trinajstić information content (AvgIpc) is 3.15. The summed E-state index contributed by atoms with van der Waals surface area (Å²) < 4.78 is 65.1. The minimum absolute atomic E-state index is 0.0195. The van der Waals surface area contributed by atoms with Crippen LogP contribution in [0.15, 0.2) is 97.9 Å². The van der Waals surface area contributed by atoms with Crippen LogP contribution in [0.4, 0.5) is 17.1 Å². The molecule has 0 saturated carbocycles. The topological polar surface area (TPSA) is 167 Å². The highest BCUT2D eigenvalue weighted by atomic mass is 32.2. The Bertz CT molecular complexity index is 1620. The number of carbonyl (C=O) groups excluding carboxylic acids is 1. The molecule has 192 valence electrons. The number of nitrogens with one attached hydrogen (secondary N) is 1. The van der Waals surface area contributed by atoms with Crippen molar-refractivity contribution in [3.8, 4) is 5.75 Å². The van der Waals surface area contributed by atoms with E-state index < -0.39 is 37.0 Å². The van der Waals surface area contributed by atoms with Crippen molar-refractivity contribution in [2.24, 2.45) is 15.3 Å². The number of methoxy groups -OCH3 is 1. The van der Waals surface area contributed by atoms with Gasteiger partial charge in [0.25, 0.3) is 26.0 Å². The number of anilines is 2. The number of nitrogens with zero attached hydrogens (tertiary/aromatic N) is 4. The zero-order valence-corrected chi connectivity index (χ0v) is 21.1. The number of benzene rings is 3. The van der Waals surface area contributed by atoms with Crippen molar-refractivity contribution in [1.29, 1.82) is 0 Å². The molecule has 1 amide bonds. The van der Waals surface area contributed by atoms with Crippen LogP contribution in [0, 0.1) is 0 Å². The Kier molecular flexibility index (Phi) is 7.07. The largest absolute Gasteiger partial charge is 0.494 e. The minimum Gasteiger partial charge on any atom is -0.494 e. The summed E-state index contributed by atoms with van der Waals surface area (Å²) in [5.74, 6) is -0.388. The third kappa shape index (κ3) is 5.66. The molecule has 0 saturated heterocycles. The van der Waals surface area contributed by atoms with Crippen molar-refractivity contribution in [3.63, 3.8) is 0 Å². The molecule has 0 spiro atoms. The number of amides is 1. The van der Waals surface area contributed by atoms with Crippen molar-refractivity contribution in [2.45, 2.75) is 22.8 Å². The van der Waals surface area contributed by atoms with Gasteiger partial charge in [0.1, 0.15) is 11.4 Å². The highest BCUT2D eigenvalue weighted by molar-refractivity contribution is 7.92. The number of sulfonamides is 1. The summed E-state index contributed by atoms with van der Waals surface area (Å²) in [5, 5.41) is 13.3. The van der Waals surface area contributed by atoms with E-state index in [0.29, 0.717) is 11.4 Å². The van der Waals surface area contributed by atoms with E-state index >= 15 is 0 Å². The van der Waals surface area contributed by atoms with Gasteiger partial charge in [0.15, 0.2) is 6.04 Å². The van der Waals surface area contributed by atoms with Gasteiger partial charge < -0.3 is 4.74 Å². The molecule has 3 aromatic rings. The maximum Gasteiger partial charge on any atom is 0.294 e. The number of hydrogen-bond donors (Lipinski definition) is 2. The van der Waals surface area contributed by atoms with Crippen LogP contribution in [0.2, 0.25) is 0 Å². The molecule has 12 nitrogen and oxygen atoms in total. The van der Waals surface area contributed by atoms with Crippen LogP contribution in [-0.4, -0.2) is 46.2 Å². The monoisotopic (exact) mass is 543 g/mol. The lowest BCUT2D eigenvalue weighted by Gasteiger charge is -2.15. The second kappa shape index (κ2) is 10.1. The zero-order chi connectivity index (χ0) is 26.8. The summed E-state index contributed by atoms with van der Waals surface area (Å²) in [4.78, 5) is 12.8. The maximum atomic E-state index is 13.1. The Labute approximate surface area is 213 Å². The quantitative estimate of drug-likeness (QED) is 0.323. The number of ether oxygens (including phenoxy) is 1. The summed E-state index contributed by atoms with van der Waals surface area (Å²) >= 11 is 0. The van der Waals surface area contributed by atoms with E-state index in [1.165, 1.54) is 37.4 Å². The van der Waals surface area contributed by atoms with Gasteiger partial charge in [0, 0.05) is 0 Å². The molecule has 1 atom stereocenters. The standard InChI is InChI=1S/C23H21N5O7S2/c1-15-22(25-24-20-14-19(37(32,33)34)11-12-21(20)35-2)23(29)28(26-15)17-8-6-7-16(13-17)27-36(30,31)18-9-4-3-5-10-18/h3-14,22,27H,1-2H3,(H,32,33,34). The predicted molar refractivity (Wildman–Crippen MR) is 135 cm³/mol. The molecule has 14 heteroatoms. The Hall–Kier alpha value is -4.14. The lowest BCUT2D eigenvalue weighted by molar-refractivity contribution is -0.117. The van der Waals surface area contributed by atoms with Gasteiger partial charge in [-0.2, -0.15) is 28.8 Å². The molecule has 4 rings (SSSR count). The summed E-state index contributed by atoms with van der Waals surface area (Å²) in [7, 11) is -6.99. The molecule has 37 heavy (non-hydrogen) atoms. The number of hydrazone groups is 1. The van der Waals surface area contributed by atoms with Crippen LogP contribution in [0.25, 0.3) is 0 Å². The SMILES string of the molecule is COc1ccc(S(=O)(=O)O)cc1N=NC1C(=O)N(c2cccc(NS(=O)(=O)c3ccccc3)c2)N=C1C. The fourth-order valence-corrected chi connectivity index (χ4v) is 4.99. The molecule has 1 heterocycles. The van der Waals surface area contributed by atoms with Crippen molar-refractivity contribution < 1.29 is 30.9 Å². The first-order chi connectivity index (χ1) is 17.5. The van der Waals surface area contributed by atoms with E-state index in [4.69, 9.17) is 4.74 Å². The normalized spacial score (nSPS) is 16.2. The first-order valence-electron chi connectivity index (χ1n) is 10.6. The summed E-state index contributed by atoms with van der Waals surface area (Å²) in [6, 6.07) is 16.3. The van der Waals surface area contributed by atoms with E-state index in [1.54, 1.807) is 37.3 Å². The van der Waals surface area contributed by atoms with Gasteiger partial charge in [-0.3, -0.25) is 14.1 Å². The number of hydrogen-bond acceptors (Lipinski definition) is 9. The molecule has 0 fully saturated rings. The van der Waals surface area contributed by atoms with Gasteiger partial charge in [-0.15, -0.1) is 0 Å². The van der Waals surface area contributed by atoms with Crippen LogP contribution >= 0.6 is 0 Å². The van der Waals surface area contributed by atoms with Gasteiger partial charge in [-0.25, -0.2) is 8.42 Å². The van der Waals surface area contributed by atoms with Gasteiger partial charge in [-0.05, 0) is 55.5 Å². The highest BCUT2D eigenvalue weighted by Gasteiger charge is 2.35. The van der Waals surface area contributed by atoms with Crippen LogP contribution < -0.4 is 14.5 Å². The summed E-state index contributed by atoms with van der Waals surface area (Å²) in [6.07, 6.45) is 0. The molecular formula is C23H21N5O7S2. The number of rotatable bonds is 8. The van der Waals surface area contributed by atoms with E-state index in [-0.39, 0.29) is 22.0 Å². The van der Waals surface area contributed by atoms with Crippen molar-refractivity contribution in [1.82, 2.24) is 0 Å². The zero-order valence-electron chi connectivity index (χ0n) is 19.5. The lowest BCUT2D eigenvalue weighted by Crippen LogP contribution is -2.29. The van der Waals surface area contributed by atoms with Gasteiger partial charge in [-0.1, -0.05) is 24.3 Å². The molecular weight excluding hydrogens is 522 g/mol. The first-order valence-corrected chi connectivity index (χ1v) is 13.6. The van der Waals surface area contributed by atoms with E-state index in [0.717, 1.165) is 17.1 Å².